The molecule has 1 aromatic carbocycles. The highest BCUT2D eigenvalue weighted by Gasteiger charge is 2.59. The standard InChI is InChI=1S/C16H19BrN2O/c1-15-8-18-5-6-19(9-15)11-16(10-18,14(15)20)12-3-2-4-13(17)7-12/h2-4,7H,5-6,8-11H2,1H3. The summed E-state index contributed by atoms with van der Waals surface area (Å²) in [5.41, 5.74) is 0.653. The minimum Gasteiger partial charge on any atom is -0.300 e. The maximum Gasteiger partial charge on any atom is 0.154 e. The van der Waals surface area contributed by atoms with Gasteiger partial charge in [0.05, 0.1) is 10.8 Å². The van der Waals surface area contributed by atoms with Crippen LogP contribution in [0.1, 0.15) is 12.5 Å². The van der Waals surface area contributed by atoms with Crippen molar-refractivity contribution < 1.29 is 4.79 Å². The maximum atomic E-state index is 13.2. The monoisotopic (exact) mass is 334 g/mol. The average molecular weight is 335 g/mol. The smallest absolute Gasteiger partial charge is 0.154 e. The number of hydrogen-bond acceptors (Lipinski definition) is 3. The number of nitrogens with zero attached hydrogens (tertiary/aromatic N) is 2. The molecule has 4 aliphatic rings. The third kappa shape index (κ3) is 1.68. The lowest BCUT2D eigenvalue weighted by atomic mass is 9.61. The first-order valence-electron chi connectivity index (χ1n) is 7.28. The lowest BCUT2D eigenvalue weighted by Gasteiger charge is -2.53. The Kier molecular flexibility index (Phi) is 2.70. The average Bonchev–Trinajstić information content (AvgIpc) is 2.63. The first-order chi connectivity index (χ1) is 9.52. The van der Waals surface area contributed by atoms with Crippen molar-refractivity contribution in [2.24, 2.45) is 5.41 Å². The van der Waals surface area contributed by atoms with Crippen LogP contribution in [0, 0.1) is 5.41 Å². The molecule has 106 valence electrons. The number of halogens is 1. The molecule has 0 aliphatic carbocycles. The molecule has 0 radical (unpaired) electrons. The topological polar surface area (TPSA) is 23.6 Å². The minimum atomic E-state index is -0.328. The van der Waals surface area contributed by atoms with Crippen molar-refractivity contribution in [3.05, 3.63) is 34.3 Å². The Hall–Kier alpha value is -0.710. The SMILES string of the molecule is CC12CN3CCN(C1)CC(c1cccc(Br)c1)(C3)C2=O. The van der Waals surface area contributed by atoms with Crippen molar-refractivity contribution >= 4 is 21.7 Å². The zero-order valence-corrected chi connectivity index (χ0v) is 13.3. The molecule has 0 saturated carbocycles. The van der Waals surface area contributed by atoms with E-state index in [1.54, 1.807) is 0 Å². The van der Waals surface area contributed by atoms with Crippen molar-refractivity contribution in [3.63, 3.8) is 0 Å². The van der Waals surface area contributed by atoms with Gasteiger partial charge in [0, 0.05) is 43.7 Å². The highest BCUT2D eigenvalue weighted by molar-refractivity contribution is 9.10. The molecule has 0 N–H and O–H groups in total. The molecule has 5 rings (SSSR count). The number of carbonyl (C=O) groups excluding carboxylic acids is 1. The van der Waals surface area contributed by atoms with Crippen LogP contribution < -0.4 is 0 Å². The fourth-order valence-corrected chi connectivity index (χ4v) is 4.93. The molecule has 4 bridgehead atoms. The van der Waals surface area contributed by atoms with Gasteiger partial charge >= 0.3 is 0 Å². The van der Waals surface area contributed by atoms with Crippen LogP contribution in [0.5, 0.6) is 0 Å². The number of carbonyl (C=O) groups is 1. The van der Waals surface area contributed by atoms with Crippen LogP contribution in [0.4, 0.5) is 0 Å². The summed E-state index contributed by atoms with van der Waals surface area (Å²) in [6.07, 6.45) is 0. The highest BCUT2D eigenvalue weighted by atomic mass is 79.9. The van der Waals surface area contributed by atoms with Crippen molar-refractivity contribution in [3.8, 4) is 0 Å². The van der Waals surface area contributed by atoms with Crippen LogP contribution in [0.15, 0.2) is 28.7 Å². The first kappa shape index (κ1) is 13.0. The van der Waals surface area contributed by atoms with E-state index in [1.807, 2.05) is 6.07 Å². The molecular weight excluding hydrogens is 316 g/mol. The number of Topliss-reactive ketones (excluding diaryl/α,β-unsaturated/α-hetero) is 1. The Morgan fingerprint density at radius 2 is 1.75 bits per heavy atom. The van der Waals surface area contributed by atoms with E-state index in [0.717, 1.165) is 43.7 Å². The molecule has 4 heterocycles. The Balaban J connectivity index is 1.89. The van der Waals surface area contributed by atoms with Gasteiger partial charge in [-0.25, -0.2) is 0 Å². The van der Waals surface area contributed by atoms with Crippen LogP contribution in [-0.2, 0) is 10.2 Å². The number of ketones is 1. The molecule has 4 aliphatic heterocycles. The van der Waals surface area contributed by atoms with Crippen LogP contribution in [0.2, 0.25) is 0 Å². The van der Waals surface area contributed by atoms with E-state index in [9.17, 15) is 4.79 Å². The summed E-state index contributed by atoms with van der Waals surface area (Å²) in [5.74, 6) is 0.456. The summed E-state index contributed by atoms with van der Waals surface area (Å²) in [6.45, 7) is 7.97. The molecule has 20 heavy (non-hydrogen) atoms. The summed E-state index contributed by atoms with van der Waals surface area (Å²) in [7, 11) is 0. The molecule has 4 heteroatoms. The summed E-state index contributed by atoms with van der Waals surface area (Å²) in [5, 5.41) is 0. The number of benzene rings is 1. The van der Waals surface area contributed by atoms with Crippen LogP contribution in [0.25, 0.3) is 0 Å². The minimum absolute atomic E-state index is 0.199. The van der Waals surface area contributed by atoms with Crippen molar-refractivity contribution in [2.75, 3.05) is 39.3 Å². The Labute approximate surface area is 128 Å². The van der Waals surface area contributed by atoms with Gasteiger partial charge in [0.25, 0.3) is 0 Å². The zero-order chi connectivity index (χ0) is 14.0. The second-order valence-corrected chi connectivity index (χ2v) is 7.82. The van der Waals surface area contributed by atoms with Gasteiger partial charge in [0.2, 0.25) is 0 Å². The van der Waals surface area contributed by atoms with Crippen molar-refractivity contribution in [1.29, 1.82) is 0 Å². The highest BCUT2D eigenvalue weighted by Crippen LogP contribution is 2.46. The van der Waals surface area contributed by atoms with Gasteiger partial charge in [-0.15, -0.1) is 0 Å². The van der Waals surface area contributed by atoms with Gasteiger partial charge in [-0.3, -0.25) is 14.6 Å². The van der Waals surface area contributed by atoms with E-state index >= 15 is 0 Å². The van der Waals surface area contributed by atoms with Gasteiger partial charge in [-0.05, 0) is 17.7 Å². The predicted octanol–water partition coefficient (Wildman–Crippen LogP) is 1.91. The molecule has 3 nitrogen and oxygen atoms in total. The van der Waals surface area contributed by atoms with Gasteiger partial charge in [-0.2, -0.15) is 0 Å². The van der Waals surface area contributed by atoms with E-state index in [4.69, 9.17) is 0 Å². The maximum absolute atomic E-state index is 13.2. The molecular formula is C16H19BrN2O. The van der Waals surface area contributed by atoms with Gasteiger partial charge < -0.3 is 0 Å². The summed E-state index contributed by atoms with van der Waals surface area (Å²) in [4.78, 5) is 18.2. The quantitative estimate of drug-likeness (QED) is 0.783. The first-order valence-corrected chi connectivity index (χ1v) is 8.07. The lowest BCUT2D eigenvalue weighted by molar-refractivity contribution is -0.146. The largest absolute Gasteiger partial charge is 0.300 e. The number of rotatable bonds is 1. The Morgan fingerprint density at radius 1 is 1.10 bits per heavy atom. The molecule has 2 unspecified atom stereocenters. The summed E-state index contributed by atoms with van der Waals surface area (Å²) in [6, 6.07) is 8.34. The van der Waals surface area contributed by atoms with Crippen molar-refractivity contribution in [1.82, 2.24) is 9.80 Å². The molecule has 2 atom stereocenters. The van der Waals surface area contributed by atoms with E-state index in [-0.39, 0.29) is 10.8 Å². The molecule has 0 amide bonds. The summed E-state index contributed by atoms with van der Waals surface area (Å²) < 4.78 is 1.06. The van der Waals surface area contributed by atoms with E-state index in [2.05, 4.69) is 50.9 Å². The molecule has 1 aromatic rings. The molecule has 0 spiro atoms. The van der Waals surface area contributed by atoms with Gasteiger partial charge in [0.1, 0.15) is 0 Å². The third-order valence-corrected chi connectivity index (χ3v) is 5.72. The lowest BCUT2D eigenvalue weighted by Crippen LogP contribution is -2.68. The fourth-order valence-electron chi connectivity index (χ4n) is 4.53. The predicted molar refractivity (Wildman–Crippen MR) is 81.8 cm³/mol. The zero-order valence-electron chi connectivity index (χ0n) is 11.7. The third-order valence-electron chi connectivity index (χ3n) is 5.22. The number of fused-ring (bicyclic) bond motifs is 1. The second kappa shape index (κ2) is 4.15. The molecule has 4 saturated heterocycles. The molecule has 4 fully saturated rings. The second-order valence-electron chi connectivity index (χ2n) is 6.90. The van der Waals surface area contributed by atoms with Gasteiger partial charge in [-0.1, -0.05) is 35.0 Å². The van der Waals surface area contributed by atoms with E-state index < -0.39 is 0 Å². The normalized spacial score (nSPS) is 42.8. The fraction of sp³-hybridized carbons (Fsp3) is 0.562. The number of hydrogen-bond donors (Lipinski definition) is 0. The molecule has 0 aromatic heterocycles. The van der Waals surface area contributed by atoms with Crippen LogP contribution in [-0.4, -0.2) is 54.9 Å². The van der Waals surface area contributed by atoms with Crippen molar-refractivity contribution in [2.45, 2.75) is 12.3 Å². The van der Waals surface area contributed by atoms with E-state index in [0.29, 0.717) is 5.78 Å². The summed E-state index contributed by atoms with van der Waals surface area (Å²) >= 11 is 3.56. The van der Waals surface area contributed by atoms with Gasteiger partial charge in [0.15, 0.2) is 5.78 Å². The number of piperidine rings is 2. The van der Waals surface area contributed by atoms with Crippen LogP contribution in [0.3, 0.4) is 0 Å². The van der Waals surface area contributed by atoms with E-state index in [1.165, 1.54) is 5.56 Å². The Bertz CT molecular complexity index is 570. The Morgan fingerprint density at radius 3 is 2.35 bits per heavy atom. The van der Waals surface area contributed by atoms with Crippen LogP contribution >= 0.6 is 15.9 Å².